The molecule has 0 aromatic rings. The lowest BCUT2D eigenvalue weighted by Crippen LogP contribution is -2.33. The second-order valence-electron chi connectivity index (χ2n) is 1.69. The second-order valence-corrected chi connectivity index (χ2v) is 4.56. The molecule has 0 saturated carbocycles. The van der Waals surface area contributed by atoms with E-state index in [9.17, 15) is 0 Å². The van der Waals surface area contributed by atoms with E-state index in [0.29, 0.717) is 0 Å². The monoisotopic (exact) mass is 147 g/mol. The van der Waals surface area contributed by atoms with Crippen LogP contribution < -0.4 is 0 Å². The van der Waals surface area contributed by atoms with Crippen molar-refractivity contribution in [1.82, 2.24) is 0 Å². The van der Waals surface area contributed by atoms with E-state index in [1.807, 2.05) is 13.5 Å². The highest BCUT2D eigenvalue weighted by Crippen LogP contribution is 2.03. The van der Waals surface area contributed by atoms with Gasteiger partial charge in [-0.2, -0.15) is 0 Å². The molecule has 54 valence electrons. The molecule has 0 rings (SSSR count). The third-order valence-electron chi connectivity index (χ3n) is 1.12. The zero-order chi connectivity index (χ0) is 7.33. The largest absolute Gasteiger partial charge is 0.473 e. The van der Waals surface area contributed by atoms with Crippen molar-refractivity contribution in [3.63, 3.8) is 0 Å². The van der Waals surface area contributed by atoms with Crippen molar-refractivity contribution in [2.24, 2.45) is 4.66 Å². The highest BCUT2D eigenvalue weighted by molar-refractivity contribution is 6.64. The molecular formula is C5H13NO2Si. The van der Waals surface area contributed by atoms with Crippen molar-refractivity contribution in [2.45, 2.75) is 13.5 Å². The van der Waals surface area contributed by atoms with Crippen molar-refractivity contribution < 1.29 is 8.85 Å². The average Bonchev–Trinajstić information content (AvgIpc) is 1.89. The fourth-order valence-corrected chi connectivity index (χ4v) is 1.27. The molecule has 0 unspecified atom stereocenters. The van der Waals surface area contributed by atoms with Gasteiger partial charge in [-0.25, -0.2) is 0 Å². The first kappa shape index (κ1) is 8.81. The van der Waals surface area contributed by atoms with Gasteiger partial charge in [-0.1, -0.05) is 0 Å². The SMILES string of the molecule is CC=N[Si](C)(OC)OC. The van der Waals surface area contributed by atoms with Crippen LogP contribution in [0.15, 0.2) is 4.66 Å². The van der Waals surface area contributed by atoms with Crippen LogP contribution in [0.4, 0.5) is 0 Å². The van der Waals surface area contributed by atoms with Crippen LogP contribution in [0, 0.1) is 0 Å². The summed E-state index contributed by atoms with van der Waals surface area (Å²) in [7, 11) is 1.10. The molecule has 0 aliphatic carbocycles. The third-order valence-corrected chi connectivity index (χ3v) is 3.36. The summed E-state index contributed by atoms with van der Waals surface area (Å²) in [5.74, 6) is 0. The van der Waals surface area contributed by atoms with Crippen molar-refractivity contribution in [1.29, 1.82) is 0 Å². The number of nitrogens with zero attached hydrogens (tertiary/aromatic N) is 1. The molecule has 0 saturated heterocycles. The van der Waals surface area contributed by atoms with Crippen LogP contribution >= 0.6 is 0 Å². The Bertz CT molecular complexity index is 101. The molecule has 0 aliphatic rings. The lowest BCUT2D eigenvalue weighted by Gasteiger charge is -2.15. The van der Waals surface area contributed by atoms with Crippen molar-refractivity contribution >= 4 is 14.9 Å². The minimum absolute atomic E-state index is 1.61. The first-order chi connectivity index (χ1) is 4.18. The normalized spacial score (nSPS) is 12.9. The molecule has 0 aromatic carbocycles. The highest BCUT2D eigenvalue weighted by atomic mass is 28.4. The van der Waals surface area contributed by atoms with Gasteiger partial charge in [0.2, 0.25) is 0 Å². The Balaban J connectivity index is 3.92. The molecule has 9 heavy (non-hydrogen) atoms. The molecular weight excluding hydrogens is 134 g/mol. The van der Waals surface area contributed by atoms with Gasteiger partial charge in [-0.05, 0) is 13.1 Å². The van der Waals surface area contributed by atoms with Crippen LogP contribution in [0.3, 0.4) is 0 Å². The van der Waals surface area contributed by atoms with E-state index in [0.717, 1.165) is 0 Å². The molecule has 0 atom stereocenters. The highest BCUT2D eigenvalue weighted by Gasteiger charge is 2.27. The van der Waals surface area contributed by atoms with Gasteiger partial charge in [0.1, 0.15) is 0 Å². The van der Waals surface area contributed by atoms with Crippen LogP contribution in [0.2, 0.25) is 6.55 Å². The fourth-order valence-electron chi connectivity index (χ4n) is 0.423. The molecule has 0 fully saturated rings. The maximum atomic E-state index is 5.05. The summed E-state index contributed by atoms with van der Waals surface area (Å²) in [4.78, 5) is 0. The predicted octanol–water partition coefficient (Wildman–Crippen LogP) is 0.939. The quantitative estimate of drug-likeness (QED) is 0.439. The Morgan fingerprint density at radius 1 is 1.33 bits per heavy atom. The molecule has 4 heteroatoms. The standard InChI is InChI=1S/C5H13NO2Si/c1-5-6-9(4,7-2)8-3/h5H,1-4H3. The van der Waals surface area contributed by atoms with Crippen LogP contribution in [-0.2, 0) is 8.85 Å². The predicted molar refractivity (Wildman–Crippen MR) is 39.8 cm³/mol. The molecule has 0 radical (unpaired) electrons. The maximum absolute atomic E-state index is 5.05. The van der Waals surface area contributed by atoms with Gasteiger partial charge < -0.3 is 8.85 Å². The molecule has 0 heterocycles. The summed E-state index contributed by atoms with van der Waals surface area (Å²) in [6.07, 6.45) is 1.71. The summed E-state index contributed by atoms with van der Waals surface area (Å²) >= 11 is 0. The Hall–Kier alpha value is -0.193. The van der Waals surface area contributed by atoms with E-state index in [4.69, 9.17) is 8.85 Å². The van der Waals surface area contributed by atoms with Gasteiger partial charge in [0.25, 0.3) is 0 Å². The lowest BCUT2D eigenvalue weighted by atomic mass is 10.9. The van der Waals surface area contributed by atoms with Gasteiger partial charge in [-0.3, -0.25) is 4.66 Å². The molecule has 0 N–H and O–H groups in total. The summed E-state index contributed by atoms with van der Waals surface area (Å²) in [5, 5.41) is 0. The Morgan fingerprint density at radius 3 is 1.89 bits per heavy atom. The molecule has 0 amide bonds. The van der Waals surface area contributed by atoms with Crippen LogP contribution in [-0.4, -0.2) is 29.2 Å². The van der Waals surface area contributed by atoms with E-state index in [2.05, 4.69) is 4.66 Å². The van der Waals surface area contributed by atoms with E-state index in [1.165, 1.54) is 0 Å². The zero-order valence-electron chi connectivity index (χ0n) is 6.34. The van der Waals surface area contributed by atoms with Gasteiger partial charge in [-0.15, -0.1) is 0 Å². The number of hydrogen-bond donors (Lipinski definition) is 0. The summed E-state index contributed by atoms with van der Waals surface area (Å²) < 4.78 is 14.2. The van der Waals surface area contributed by atoms with Crippen LogP contribution in [0.1, 0.15) is 6.92 Å². The molecule has 0 bridgehead atoms. The fraction of sp³-hybridized carbons (Fsp3) is 0.800. The van der Waals surface area contributed by atoms with Crippen molar-refractivity contribution in [3.8, 4) is 0 Å². The number of hydrogen-bond acceptors (Lipinski definition) is 3. The second kappa shape index (κ2) is 3.76. The summed E-state index contributed by atoms with van der Waals surface area (Å²) in [6, 6.07) is 0. The third kappa shape index (κ3) is 2.74. The average molecular weight is 147 g/mol. The first-order valence-corrected chi connectivity index (χ1v) is 5.05. The van der Waals surface area contributed by atoms with Gasteiger partial charge in [0, 0.05) is 20.8 Å². The minimum Gasteiger partial charge on any atom is -0.381 e. The Morgan fingerprint density at radius 2 is 1.78 bits per heavy atom. The van der Waals surface area contributed by atoms with E-state index in [1.54, 1.807) is 20.4 Å². The van der Waals surface area contributed by atoms with Crippen LogP contribution in [0.25, 0.3) is 0 Å². The van der Waals surface area contributed by atoms with E-state index >= 15 is 0 Å². The van der Waals surface area contributed by atoms with Gasteiger partial charge >= 0.3 is 8.72 Å². The lowest BCUT2D eigenvalue weighted by molar-refractivity contribution is 0.252. The summed E-state index contributed by atoms with van der Waals surface area (Å²) in [5.41, 5.74) is 0. The number of rotatable bonds is 3. The molecule has 0 spiro atoms. The van der Waals surface area contributed by atoms with Crippen molar-refractivity contribution in [2.75, 3.05) is 14.2 Å². The van der Waals surface area contributed by atoms with Crippen molar-refractivity contribution in [3.05, 3.63) is 0 Å². The minimum atomic E-state index is -2.13. The summed E-state index contributed by atoms with van der Waals surface area (Å²) in [6.45, 7) is 3.73. The molecule has 0 aromatic heterocycles. The van der Waals surface area contributed by atoms with E-state index in [-0.39, 0.29) is 0 Å². The van der Waals surface area contributed by atoms with Gasteiger partial charge in [0.05, 0.1) is 0 Å². The Labute approximate surface area is 57.0 Å². The first-order valence-electron chi connectivity index (χ1n) is 2.78. The Kier molecular flexibility index (Phi) is 3.68. The topological polar surface area (TPSA) is 30.8 Å². The van der Waals surface area contributed by atoms with Gasteiger partial charge in [0.15, 0.2) is 0 Å². The van der Waals surface area contributed by atoms with Crippen LogP contribution in [0.5, 0.6) is 0 Å². The zero-order valence-corrected chi connectivity index (χ0v) is 7.34. The maximum Gasteiger partial charge on any atom is 0.473 e. The smallest absolute Gasteiger partial charge is 0.381 e. The van der Waals surface area contributed by atoms with E-state index < -0.39 is 8.72 Å². The molecule has 0 aliphatic heterocycles. The molecule has 3 nitrogen and oxygen atoms in total.